The van der Waals surface area contributed by atoms with Crippen LogP contribution in [0, 0.1) is 29.8 Å². The molecule has 0 aliphatic rings. The Labute approximate surface area is 91.6 Å². The molecule has 1 rings (SSSR count). The summed E-state index contributed by atoms with van der Waals surface area (Å²) in [5.41, 5.74) is 1.96. The minimum atomic E-state index is -0.975. The minimum Gasteiger partial charge on any atom is -0.271 e. The highest BCUT2D eigenvalue weighted by molar-refractivity contribution is 5.24. The number of hydrazine groups is 1. The number of rotatable bonds is 4. The second-order valence-electron chi connectivity index (χ2n) is 3.25. The van der Waals surface area contributed by atoms with E-state index in [4.69, 9.17) is 12.3 Å². The van der Waals surface area contributed by atoms with E-state index < -0.39 is 23.5 Å². The van der Waals surface area contributed by atoms with Gasteiger partial charge in [-0.3, -0.25) is 11.3 Å². The van der Waals surface area contributed by atoms with Crippen LogP contribution in [-0.4, -0.2) is 0 Å². The molecule has 1 aromatic rings. The van der Waals surface area contributed by atoms with Crippen LogP contribution < -0.4 is 11.3 Å². The summed E-state index contributed by atoms with van der Waals surface area (Å²) in [6.07, 6.45) is 5.62. The van der Waals surface area contributed by atoms with Crippen molar-refractivity contribution in [1.29, 1.82) is 0 Å². The van der Waals surface area contributed by atoms with Crippen molar-refractivity contribution < 1.29 is 13.2 Å². The van der Waals surface area contributed by atoms with Crippen molar-refractivity contribution in [2.45, 2.75) is 18.9 Å². The summed E-state index contributed by atoms with van der Waals surface area (Å²) < 4.78 is 39.4. The molecule has 3 N–H and O–H groups in total. The molecule has 0 radical (unpaired) electrons. The van der Waals surface area contributed by atoms with E-state index in [1.54, 1.807) is 0 Å². The van der Waals surface area contributed by atoms with E-state index in [1.165, 1.54) is 0 Å². The lowest BCUT2D eigenvalue weighted by Crippen LogP contribution is -2.29. The number of nitrogens with two attached hydrogens (primary N) is 1. The van der Waals surface area contributed by atoms with Gasteiger partial charge in [0, 0.05) is 24.1 Å². The van der Waals surface area contributed by atoms with Gasteiger partial charge in [0.05, 0.1) is 6.04 Å². The third kappa shape index (κ3) is 2.75. The Kier molecular flexibility index (Phi) is 4.35. The Hall–Kier alpha value is -1.51. The molecular formula is C11H11F3N2. The van der Waals surface area contributed by atoms with Crippen LogP contribution in [0.2, 0.25) is 0 Å². The SMILES string of the molecule is C#CCCC(NN)c1c(F)cc(F)cc1F. The van der Waals surface area contributed by atoms with Gasteiger partial charge in [0.2, 0.25) is 0 Å². The fourth-order valence-electron chi connectivity index (χ4n) is 1.42. The zero-order chi connectivity index (χ0) is 12.1. The third-order valence-corrected chi connectivity index (χ3v) is 2.17. The topological polar surface area (TPSA) is 38.0 Å². The summed E-state index contributed by atoms with van der Waals surface area (Å²) in [5.74, 6) is 4.60. The number of terminal acetylenes is 1. The van der Waals surface area contributed by atoms with Gasteiger partial charge >= 0.3 is 0 Å². The Morgan fingerprint density at radius 3 is 2.31 bits per heavy atom. The van der Waals surface area contributed by atoms with Gasteiger partial charge in [-0.05, 0) is 6.42 Å². The second-order valence-corrected chi connectivity index (χ2v) is 3.25. The lowest BCUT2D eigenvalue weighted by molar-refractivity contribution is 0.449. The molecule has 0 bridgehead atoms. The molecule has 0 amide bonds. The zero-order valence-corrected chi connectivity index (χ0v) is 8.43. The van der Waals surface area contributed by atoms with Crippen LogP contribution in [0.4, 0.5) is 13.2 Å². The van der Waals surface area contributed by atoms with Gasteiger partial charge in [-0.15, -0.1) is 12.3 Å². The molecular weight excluding hydrogens is 217 g/mol. The monoisotopic (exact) mass is 228 g/mol. The van der Waals surface area contributed by atoms with Gasteiger partial charge in [0.1, 0.15) is 17.5 Å². The van der Waals surface area contributed by atoms with Gasteiger partial charge in [-0.1, -0.05) is 0 Å². The van der Waals surface area contributed by atoms with Crippen LogP contribution in [0.15, 0.2) is 12.1 Å². The summed E-state index contributed by atoms with van der Waals surface area (Å²) in [7, 11) is 0. The Bertz CT molecular complexity index is 389. The summed E-state index contributed by atoms with van der Waals surface area (Å²) >= 11 is 0. The normalized spacial score (nSPS) is 12.2. The Morgan fingerprint density at radius 1 is 1.31 bits per heavy atom. The van der Waals surface area contributed by atoms with Crippen molar-refractivity contribution in [2.24, 2.45) is 5.84 Å². The number of nitrogens with one attached hydrogen (secondary N) is 1. The first kappa shape index (κ1) is 12.6. The molecule has 1 unspecified atom stereocenters. The quantitative estimate of drug-likeness (QED) is 0.470. The molecule has 0 saturated heterocycles. The molecule has 86 valence electrons. The lowest BCUT2D eigenvalue weighted by atomic mass is 10.0. The van der Waals surface area contributed by atoms with Crippen LogP contribution in [-0.2, 0) is 0 Å². The van der Waals surface area contributed by atoms with Gasteiger partial charge in [-0.2, -0.15) is 0 Å². The number of benzene rings is 1. The largest absolute Gasteiger partial charge is 0.271 e. The first-order valence-electron chi connectivity index (χ1n) is 4.64. The number of hydrogen-bond donors (Lipinski definition) is 2. The maximum atomic E-state index is 13.3. The third-order valence-electron chi connectivity index (χ3n) is 2.17. The highest BCUT2D eigenvalue weighted by Gasteiger charge is 2.19. The molecule has 0 aliphatic heterocycles. The van der Waals surface area contributed by atoms with Crippen LogP contribution in [0.5, 0.6) is 0 Å². The maximum Gasteiger partial charge on any atom is 0.133 e. The van der Waals surface area contributed by atoms with E-state index in [2.05, 4.69) is 11.3 Å². The summed E-state index contributed by atoms with van der Waals surface area (Å²) in [6, 6.07) is 0.453. The first-order chi connectivity index (χ1) is 7.60. The van der Waals surface area contributed by atoms with Crippen LogP contribution in [0.3, 0.4) is 0 Å². The van der Waals surface area contributed by atoms with E-state index in [0.29, 0.717) is 18.6 Å². The standard InChI is InChI=1S/C11H11F3N2/c1-2-3-4-10(16-15)11-8(13)5-7(12)6-9(11)14/h1,5-6,10,16H,3-4,15H2. The van der Waals surface area contributed by atoms with Crippen molar-refractivity contribution in [3.8, 4) is 12.3 Å². The van der Waals surface area contributed by atoms with Crippen molar-refractivity contribution in [3.05, 3.63) is 35.1 Å². The molecule has 0 heterocycles. The van der Waals surface area contributed by atoms with E-state index in [9.17, 15) is 13.2 Å². The minimum absolute atomic E-state index is 0.270. The molecule has 5 heteroatoms. The fourth-order valence-corrected chi connectivity index (χ4v) is 1.42. The lowest BCUT2D eigenvalue weighted by Gasteiger charge is -2.16. The Morgan fingerprint density at radius 2 is 1.88 bits per heavy atom. The van der Waals surface area contributed by atoms with Crippen molar-refractivity contribution >= 4 is 0 Å². The molecule has 1 atom stereocenters. The summed E-state index contributed by atoms with van der Waals surface area (Å²) in [5, 5.41) is 0. The van der Waals surface area contributed by atoms with Crippen molar-refractivity contribution in [2.75, 3.05) is 0 Å². The maximum absolute atomic E-state index is 13.3. The molecule has 16 heavy (non-hydrogen) atoms. The van der Waals surface area contributed by atoms with E-state index in [1.807, 2.05) is 0 Å². The van der Waals surface area contributed by atoms with Crippen LogP contribution >= 0.6 is 0 Å². The molecule has 0 spiro atoms. The number of halogens is 3. The highest BCUT2D eigenvalue weighted by Crippen LogP contribution is 2.24. The Balaban J connectivity index is 3.05. The molecule has 0 aromatic heterocycles. The zero-order valence-electron chi connectivity index (χ0n) is 8.43. The molecule has 0 fully saturated rings. The van der Waals surface area contributed by atoms with Gasteiger partial charge in [0.25, 0.3) is 0 Å². The smallest absolute Gasteiger partial charge is 0.133 e. The molecule has 0 saturated carbocycles. The summed E-state index contributed by atoms with van der Waals surface area (Å²) in [4.78, 5) is 0. The molecule has 1 aromatic carbocycles. The van der Waals surface area contributed by atoms with E-state index >= 15 is 0 Å². The van der Waals surface area contributed by atoms with Crippen LogP contribution in [0.25, 0.3) is 0 Å². The molecule has 0 aliphatic carbocycles. The van der Waals surface area contributed by atoms with Gasteiger partial charge in [0.15, 0.2) is 0 Å². The first-order valence-corrected chi connectivity index (χ1v) is 4.64. The highest BCUT2D eigenvalue weighted by atomic mass is 19.1. The van der Waals surface area contributed by atoms with Gasteiger partial charge in [-0.25, -0.2) is 13.2 Å². The molecule has 2 nitrogen and oxygen atoms in total. The van der Waals surface area contributed by atoms with E-state index in [0.717, 1.165) is 0 Å². The van der Waals surface area contributed by atoms with E-state index in [-0.39, 0.29) is 12.0 Å². The number of hydrogen-bond acceptors (Lipinski definition) is 2. The fraction of sp³-hybridized carbons (Fsp3) is 0.273. The summed E-state index contributed by atoms with van der Waals surface area (Å²) in [6.45, 7) is 0. The average Bonchev–Trinajstić information content (AvgIpc) is 2.21. The van der Waals surface area contributed by atoms with Crippen LogP contribution in [0.1, 0.15) is 24.4 Å². The van der Waals surface area contributed by atoms with Gasteiger partial charge < -0.3 is 0 Å². The van der Waals surface area contributed by atoms with Crippen molar-refractivity contribution in [1.82, 2.24) is 5.43 Å². The predicted molar refractivity (Wildman–Crippen MR) is 54.4 cm³/mol. The average molecular weight is 228 g/mol. The second kappa shape index (κ2) is 5.54. The predicted octanol–water partition coefficient (Wildman–Crippen LogP) is 2.02. The van der Waals surface area contributed by atoms with Crippen molar-refractivity contribution in [3.63, 3.8) is 0 Å².